The van der Waals surface area contributed by atoms with Crippen LogP contribution in [0.25, 0.3) is 32.3 Å². The van der Waals surface area contributed by atoms with E-state index in [1.165, 1.54) is 26.9 Å². The quantitative estimate of drug-likeness (QED) is 0.372. The summed E-state index contributed by atoms with van der Waals surface area (Å²) in [5, 5.41) is 12.9. The van der Waals surface area contributed by atoms with E-state index in [2.05, 4.69) is 59.2 Å². The summed E-state index contributed by atoms with van der Waals surface area (Å²) < 4.78 is 5.15. The van der Waals surface area contributed by atoms with Crippen LogP contribution in [0.15, 0.2) is 78.9 Å². The highest BCUT2D eigenvalue weighted by Crippen LogP contribution is 2.37. The van der Waals surface area contributed by atoms with Gasteiger partial charge < -0.3 is 15.4 Å². The monoisotopic (exact) mass is 366 g/mol. The van der Waals surface area contributed by atoms with Gasteiger partial charge in [-0.1, -0.05) is 48.5 Å². The number of anilines is 2. The van der Waals surface area contributed by atoms with E-state index in [0.717, 1.165) is 16.8 Å². The molecule has 0 saturated carbocycles. The van der Waals surface area contributed by atoms with Crippen LogP contribution in [0.1, 0.15) is 0 Å². The molecule has 0 aliphatic rings. The van der Waals surface area contributed by atoms with Gasteiger partial charge in [0.05, 0.1) is 12.8 Å². The third kappa shape index (κ3) is 2.67. The van der Waals surface area contributed by atoms with E-state index in [0.29, 0.717) is 5.69 Å². The van der Waals surface area contributed by atoms with Gasteiger partial charge in [-0.3, -0.25) is 0 Å². The number of hydrogen-bond acceptors (Lipinski definition) is 2. The third-order valence-electron chi connectivity index (χ3n) is 5.12. The molecule has 0 aliphatic heterocycles. The molecule has 2 N–H and O–H groups in total. The van der Waals surface area contributed by atoms with E-state index in [1.807, 2.05) is 30.3 Å². The fourth-order valence-electron chi connectivity index (χ4n) is 3.80. The lowest BCUT2D eigenvalue weighted by molar-refractivity contribution is 0.262. The molecule has 0 bridgehead atoms. The molecule has 4 heteroatoms. The van der Waals surface area contributed by atoms with Crippen molar-refractivity contribution in [1.29, 1.82) is 0 Å². The molecule has 136 valence electrons. The largest absolute Gasteiger partial charge is 0.497 e. The fourth-order valence-corrected chi connectivity index (χ4v) is 3.80. The van der Waals surface area contributed by atoms with E-state index in [4.69, 9.17) is 4.74 Å². The van der Waals surface area contributed by atoms with Gasteiger partial charge in [-0.05, 0) is 57.3 Å². The second kappa shape index (κ2) is 6.43. The minimum Gasteiger partial charge on any atom is -0.497 e. The molecule has 0 saturated heterocycles. The topological polar surface area (TPSA) is 50.4 Å². The van der Waals surface area contributed by atoms with Crippen molar-refractivity contribution in [2.75, 3.05) is 17.7 Å². The van der Waals surface area contributed by atoms with Crippen LogP contribution in [0, 0.1) is 0 Å². The molecule has 0 aliphatic carbocycles. The summed E-state index contributed by atoms with van der Waals surface area (Å²) >= 11 is 0. The van der Waals surface area contributed by atoms with Gasteiger partial charge in [0.1, 0.15) is 5.75 Å². The first-order valence-corrected chi connectivity index (χ1v) is 9.11. The lowest BCUT2D eigenvalue weighted by Gasteiger charge is -2.15. The summed E-state index contributed by atoms with van der Waals surface area (Å²) in [5.41, 5.74) is 1.49. The normalized spacial score (nSPS) is 11.2. The summed E-state index contributed by atoms with van der Waals surface area (Å²) in [5.74, 6) is 0.748. The minimum atomic E-state index is -0.278. The molecule has 4 nitrogen and oxygen atoms in total. The Hall–Kier alpha value is -3.79. The number of amides is 2. The van der Waals surface area contributed by atoms with Crippen molar-refractivity contribution in [3.8, 4) is 5.75 Å². The molecule has 28 heavy (non-hydrogen) atoms. The maximum atomic E-state index is 12.5. The highest BCUT2D eigenvalue weighted by Gasteiger charge is 2.12. The number of rotatable bonds is 3. The van der Waals surface area contributed by atoms with E-state index in [1.54, 1.807) is 7.11 Å². The fraction of sp³-hybridized carbons (Fsp3) is 0.0417. The number of urea groups is 1. The number of benzene rings is 5. The zero-order chi connectivity index (χ0) is 19.1. The standard InChI is InChI=1S/C24H18N2O2/c1-28-19-11-9-18(10-12-19)25-24(27)26-21-14-8-17-6-5-15-3-2-4-16-7-13-20(21)23(17)22(15)16/h2-14H,1H3,(H2,25,26,27). The van der Waals surface area contributed by atoms with Crippen LogP contribution < -0.4 is 15.4 Å². The number of ether oxygens (including phenoxy) is 1. The molecule has 5 aromatic carbocycles. The van der Waals surface area contributed by atoms with Crippen molar-refractivity contribution in [1.82, 2.24) is 0 Å². The molecule has 0 atom stereocenters. The van der Waals surface area contributed by atoms with Crippen molar-refractivity contribution >= 4 is 49.7 Å². The highest BCUT2D eigenvalue weighted by atomic mass is 16.5. The van der Waals surface area contributed by atoms with Crippen molar-refractivity contribution in [3.05, 3.63) is 78.9 Å². The van der Waals surface area contributed by atoms with Crippen LogP contribution in [0.2, 0.25) is 0 Å². The lowest BCUT2D eigenvalue weighted by Crippen LogP contribution is -2.19. The van der Waals surface area contributed by atoms with Gasteiger partial charge in [0.2, 0.25) is 0 Å². The minimum absolute atomic E-state index is 0.278. The lowest BCUT2D eigenvalue weighted by atomic mass is 9.93. The zero-order valence-corrected chi connectivity index (χ0v) is 15.3. The molecule has 0 heterocycles. The first-order chi connectivity index (χ1) is 13.7. The number of carbonyl (C=O) groups excluding carboxylic acids is 1. The van der Waals surface area contributed by atoms with Crippen LogP contribution in [0.3, 0.4) is 0 Å². The first kappa shape index (κ1) is 16.4. The molecular formula is C24H18N2O2. The SMILES string of the molecule is COc1ccc(NC(=O)Nc2ccc3ccc4cccc5ccc2c3c45)cc1. The summed E-state index contributed by atoms with van der Waals surface area (Å²) in [4.78, 5) is 12.5. The second-order valence-electron chi connectivity index (χ2n) is 6.78. The van der Waals surface area contributed by atoms with Crippen LogP contribution in [-0.2, 0) is 0 Å². The number of nitrogens with one attached hydrogen (secondary N) is 2. The van der Waals surface area contributed by atoms with Gasteiger partial charge in [-0.15, -0.1) is 0 Å². The van der Waals surface area contributed by atoms with E-state index in [-0.39, 0.29) is 6.03 Å². The van der Waals surface area contributed by atoms with Gasteiger partial charge in [0, 0.05) is 11.1 Å². The Kier molecular flexibility index (Phi) is 3.76. The Morgan fingerprint density at radius 1 is 0.714 bits per heavy atom. The predicted octanol–water partition coefficient (Wildman–Crippen LogP) is 6.24. The average molecular weight is 366 g/mol. The molecule has 0 spiro atoms. The predicted molar refractivity (Wildman–Crippen MR) is 116 cm³/mol. The van der Waals surface area contributed by atoms with E-state index in [9.17, 15) is 4.79 Å². The molecule has 5 aromatic rings. The summed E-state index contributed by atoms with van der Waals surface area (Å²) in [6, 6.07) is 25.7. The Labute approximate surface area is 162 Å². The maximum absolute atomic E-state index is 12.5. The number of carbonyl (C=O) groups is 1. The van der Waals surface area contributed by atoms with Crippen LogP contribution in [0.5, 0.6) is 5.75 Å². The third-order valence-corrected chi connectivity index (χ3v) is 5.12. The summed E-state index contributed by atoms with van der Waals surface area (Å²) in [6.45, 7) is 0. The maximum Gasteiger partial charge on any atom is 0.323 e. The highest BCUT2D eigenvalue weighted by molar-refractivity contribution is 6.26. The van der Waals surface area contributed by atoms with Crippen molar-refractivity contribution in [2.45, 2.75) is 0 Å². The van der Waals surface area contributed by atoms with Gasteiger partial charge >= 0.3 is 6.03 Å². The smallest absolute Gasteiger partial charge is 0.323 e. The molecule has 5 rings (SSSR count). The van der Waals surface area contributed by atoms with Gasteiger partial charge in [0.25, 0.3) is 0 Å². The van der Waals surface area contributed by atoms with E-state index < -0.39 is 0 Å². The van der Waals surface area contributed by atoms with Gasteiger partial charge in [0.15, 0.2) is 0 Å². The zero-order valence-electron chi connectivity index (χ0n) is 15.3. The Morgan fingerprint density at radius 3 is 2.07 bits per heavy atom. The van der Waals surface area contributed by atoms with Crippen molar-refractivity contribution in [2.24, 2.45) is 0 Å². The molecule has 2 amide bonds. The van der Waals surface area contributed by atoms with Crippen molar-refractivity contribution < 1.29 is 9.53 Å². The Bertz CT molecular complexity index is 1290. The molecule has 0 unspecified atom stereocenters. The van der Waals surface area contributed by atoms with E-state index >= 15 is 0 Å². The Balaban J connectivity index is 1.52. The second-order valence-corrected chi connectivity index (χ2v) is 6.78. The van der Waals surface area contributed by atoms with Crippen LogP contribution in [0.4, 0.5) is 16.2 Å². The Morgan fingerprint density at radius 2 is 1.36 bits per heavy atom. The molecule has 0 aromatic heterocycles. The summed E-state index contributed by atoms with van der Waals surface area (Å²) in [7, 11) is 1.61. The number of hydrogen-bond donors (Lipinski definition) is 2. The van der Waals surface area contributed by atoms with Gasteiger partial charge in [-0.25, -0.2) is 4.79 Å². The first-order valence-electron chi connectivity index (χ1n) is 9.11. The molecule has 0 radical (unpaired) electrons. The molecular weight excluding hydrogens is 348 g/mol. The number of methoxy groups -OCH3 is 1. The van der Waals surface area contributed by atoms with Gasteiger partial charge in [-0.2, -0.15) is 0 Å². The summed E-state index contributed by atoms with van der Waals surface area (Å²) in [6.07, 6.45) is 0. The van der Waals surface area contributed by atoms with Crippen LogP contribution in [-0.4, -0.2) is 13.1 Å². The average Bonchev–Trinajstić information content (AvgIpc) is 2.73. The molecule has 0 fully saturated rings. The van der Waals surface area contributed by atoms with Crippen molar-refractivity contribution in [3.63, 3.8) is 0 Å². The van der Waals surface area contributed by atoms with Crippen LogP contribution >= 0.6 is 0 Å².